The van der Waals surface area contributed by atoms with Gasteiger partial charge in [-0.05, 0) is 24.6 Å². The number of aromatic nitrogens is 2. The van der Waals surface area contributed by atoms with E-state index in [0.29, 0.717) is 23.7 Å². The third-order valence-electron chi connectivity index (χ3n) is 4.70. The molecule has 3 aromatic rings. The second-order valence-corrected chi connectivity index (χ2v) is 6.79. The average Bonchev–Trinajstić information content (AvgIpc) is 3.17. The average molecular weight is 392 g/mol. The van der Waals surface area contributed by atoms with Crippen molar-refractivity contribution in [3.8, 4) is 5.75 Å². The molecule has 1 aliphatic rings. The number of rotatable bonds is 4. The largest absolute Gasteiger partial charge is 0.484 e. The fraction of sp³-hybridized carbons (Fsp3) is 0.238. The van der Waals surface area contributed by atoms with Crippen LogP contribution >= 0.6 is 0 Å². The van der Waals surface area contributed by atoms with Gasteiger partial charge >= 0.3 is 5.91 Å². The standard InChI is InChI=1S/C21H20N4O4/c1-13-17(21(27)25(2)18-16(28-13)9-6-10-22-18)24-19(26)20-23-12-15(29-20)11-14-7-4-3-5-8-14/h3-10,12-13,17H,11H2,1-2H3,(H,24,26). The van der Waals surface area contributed by atoms with Gasteiger partial charge in [-0.3, -0.25) is 14.5 Å². The number of likely N-dealkylation sites (N-methyl/N-ethyl adjacent to an activating group) is 1. The predicted octanol–water partition coefficient (Wildman–Crippen LogP) is 2.20. The SMILES string of the molecule is CC1Oc2cccnc2N(C)C(=O)C1NC(=O)c1ncc(Cc2ccccc2)o1. The van der Waals surface area contributed by atoms with Crippen molar-refractivity contribution in [3.63, 3.8) is 0 Å². The molecule has 1 N–H and O–H groups in total. The fourth-order valence-electron chi connectivity index (χ4n) is 3.18. The number of anilines is 1. The number of oxazole rings is 1. The molecular weight excluding hydrogens is 372 g/mol. The molecule has 0 radical (unpaired) electrons. The molecule has 4 rings (SSSR count). The van der Waals surface area contributed by atoms with Crippen LogP contribution in [0.15, 0.2) is 59.3 Å². The van der Waals surface area contributed by atoms with Gasteiger partial charge < -0.3 is 14.5 Å². The highest BCUT2D eigenvalue weighted by molar-refractivity contribution is 6.01. The summed E-state index contributed by atoms with van der Waals surface area (Å²) in [4.78, 5) is 35.1. The molecule has 2 amide bonds. The van der Waals surface area contributed by atoms with Crippen molar-refractivity contribution >= 4 is 17.6 Å². The molecule has 2 atom stereocenters. The molecule has 148 valence electrons. The third kappa shape index (κ3) is 3.82. The summed E-state index contributed by atoms with van der Waals surface area (Å²) in [5.74, 6) is 0.436. The van der Waals surface area contributed by atoms with Gasteiger partial charge in [-0.1, -0.05) is 30.3 Å². The molecule has 2 unspecified atom stereocenters. The van der Waals surface area contributed by atoms with Gasteiger partial charge in [-0.25, -0.2) is 9.97 Å². The van der Waals surface area contributed by atoms with Gasteiger partial charge in [0.1, 0.15) is 17.9 Å². The molecule has 0 spiro atoms. The zero-order chi connectivity index (χ0) is 20.4. The third-order valence-corrected chi connectivity index (χ3v) is 4.70. The van der Waals surface area contributed by atoms with E-state index >= 15 is 0 Å². The molecular formula is C21H20N4O4. The highest BCUT2D eigenvalue weighted by Gasteiger charge is 2.37. The summed E-state index contributed by atoms with van der Waals surface area (Å²) in [6.45, 7) is 1.72. The molecule has 0 aliphatic carbocycles. The summed E-state index contributed by atoms with van der Waals surface area (Å²) in [5.41, 5.74) is 1.04. The van der Waals surface area contributed by atoms with Crippen LogP contribution in [-0.2, 0) is 11.2 Å². The first-order valence-electron chi connectivity index (χ1n) is 9.21. The summed E-state index contributed by atoms with van der Waals surface area (Å²) in [6.07, 6.45) is 3.02. The monoisotopic (exact) mass is 392 g/mol. The van der Waals surface area contributed by atoms with E-state index in [0.717, 1.165) is 5.56 Å². The van der Waals surface area contributed by atoms with Crippen LogP contribution in [0.25, 0.3) is 0 Å². The van der Waals surface area contributed by atoms with Crippen LogP contribution < -0.4 is 15.0 Å². The van der Waals surface area contributed by atoms with Crippen molar-refractivity contribution in [1.82, 2.24) is 15.3 Å². The Bertz CT molecular complexity index is 1030. The Balaban J connectivity index is 1.49. The quantitative estimate of drug-likeness (QED) is 0.731. The first-order chi connectivity index (χ1) is 14.0. The van der Waals surface area contributed by atoms with E-state index in [-0.39, 0.29) is 11.8 Å². The van der Waals surface area contributed by atoms with Crippen LogP contribution in [0.3, 0.4) is 0 Å². The van der Waals surface area contributed by atoms with Gasteiger partial charge in [0.25, 0.3) is 11.8 Å². The topological polar surface area (TPSA) is 97.6 Å². The first-order valence-corrected chi connectivity index (χ1v) is 9.21. The van der Waals surface area contributed by atoms with Gasteiger partial charge in [-0.2, -0.15) is 0 Å². The Morgan fingerprint density at radius 3 is 2.76 bits per heavy atom. The van der Waals surface area contributed by atoms with E-state index in [1.165, 1.54) is 11.1 Å². The van der Waals surface area contributed by atoms with E-state index in [1.807, 2.05) is 30.3 Å². The Kier molecular flexibility index (Phi) is 4.99. The van der Waals surface area contributed by atoms with Crippen molar-refractivity contribution in [3.05, 3.63) is 72.1 Å². The predicted molar refractivity (Wildman–Crippen MR) is 105 cm³/mol. The normalized spacial score (nSPS) is 18.6. The van der Waals surface area contributed by atoms with Crippen LogP contribution in [0.1, 0.15) is 28.9 Å². The molecule has 2 aromatic heterocycles. The number of nitrogens with one attached hydrogen (secondary N) is 1. The van der Waals surface area contributed by atoms with Crippen molar-refractivity contribution in [2.24, 2.45) is 0 Å². The zero-order valence-electron chi connectivity index (χ0n) is 16.0. The minimum absolute atomic E-state index is 0.0986. The fourth-order valence-corrected chi connectivity index (χ4v) is 3.18. The minimum atomic E-state index is -0.911. The van der Waals surface area contributed by atoms with Gasteiger partial charge in [0.2, 0.25) is 0 Å². The van der Waals surface area contributed by atoms with Crippen LogP contribution in [0, 0.1) is 0 Å². The summed E-state index contributed by atoms with van der Waals surface area (Å²) in [5, 5.41) is 2.68. The lowest BCUT2D eigenvalue weighted by atomic mass is 10.1. The summed E-state index contributed by atoms with van der Waals surface area (Å²) < 4.78 is 11.4. The lowest BCUT2D eigenvalue weighted by Crippen LogP contribution is -2.53. The van der Waals surface area contributed by atoms with Gasteiger partial charge in [0.15, 0.2) is 11.6 Å². The van der Waals surface area contributed by atoms with Crippen molar-refractivity contribution < 1.29 is 18.7 Å². The van der Waals surface area contributed by atoms with Gasteiger partial charge in [-0.15, -0.1) is 0 Å². The Labute approximate surface area is 167 Å². The van der Waals surface area contributed by atoms with E-state index in [1.54, 1.807) is 32.3 Å². The summed E-state index contributed by atoms with van der Waals surface area (Å²) in [7, 11) is 1.60. The van der Waals surface area contributed by atoms with E-state index in [2.05, 4.69) is 15.3 Å². The van der Waals surface area contributed by atoms with E-state index in [9.17, 15) is 9.59 Å². The molecule has 0 bridgehead atoms. The number of hydrogen-bond acceptors (Lipinski definition) is 6. The molecule has 3 heterocycles. The Morgan fingerprint density at radius 1 is 1.17 bits per heavy atom. The van der Waals surface area contributed by atoms with Gasteiger partial charge in [0, 0.05) is 19.7 Å². The van der Waals surface area contributed by atoms with Crippen LogP contribution in [0.2, 0.25) is 0 Å². The van der Waals surface area contributed by atoms with Crippen molar-refractivity contribution in [1.29, 1.82) is 0 Å². The van der Waals surface area contributed by atoms with Crippen LogP contribution in [0.4, 0.5) is 5.82 Å². The maximum Gasteiger partial charge on any atom is 0.307 e. The number of carbonyl (C=O) groups excluding carboxylic acids is 2. The van der Waals surface area contributed by atoms with Gasteiger partial charge in [0.05, 0.1) is 6.20 Å². The smallest absolute Gasteiger partial charge is 0.307 e. The maximum atomic E-state index is 12.9. The number of hydrogen-bond donors (Lipinski definition) is 1. The molecule has 1 aliphatic heterocycles. The number of nitrogens with zero attached hydrogens (tertiary/aromatic N) is 3. The molecule has 29 heavy (non-hydrogen) atoms. The first kappa shape index (κ1) is 18.7. The number of carbonyl (C=O) groups is 2. The Morgan fingerprint density at radius 2 is 1.97 bits per heavy atom. The molecule has 8 heteroatoms. The number of ether oxygens (including phenoxy) is 1. The second kappa shape index (κ2) is 7.75. The van der Waals surface area contributed by atoms with Crippen LogP contribution in [0.5, 0.6) is 5.75 Å². The summed E-state index contributed by atoms with van der Waals surface area (Å²) in [6, 6.07) is 12.3. The number of fused-ring (bicyclic) bond motifs is 1. The minimum Gasteiger partial charge on any atom is -0.484 e. The number of pyridine rings is 1. The molecule has 1 aromatic carbocycles. The highest BCUT2D eigenvalue weighted by atomic mass is 16.5. The molecule has 8 nitrogen and oxygen atoms in total. The number of amides is 2. The lowest BCUT2D eigenvalue weighted by molar-refractivity contribution is -0.121. The molecule has 0 saturated heterocycles. The molecule has 0 fully saturated rings. The van der Waals surface area contributed by atoms with Crippen LogP contribution in [-0.4, -0.2) is 41.0 Å². The van der Waals surface area contributed by atoms with Crippen molar-refractivity contribution in [2.45, 2.75) is 25.5 Å². The van der Waals surface area contributed by atoms with Crippen molar-refractivity contribution in [2.75, 3.05) is 11.9 Å². The lowest BCUT2D eigenvalue weighted by Gasteiger charge is -2.22. The maximum absolute atomic E-state index is 12.9. The van der Waals surface area contributed by atoms with E-state index in [4.69, 9.17) is 9.15 Å². The number of benzene rings is 1. The Hall–Kier alpha value is -3.68. The summed E-state index contributed by atoms with van der Waals surface area (Å²) >= 11 is 0. The second-order valence-electron chi connectivity index (χ2n) is 6.79. The highest BCUT2D eigenvalue weighted by Crippen LogP contribution is 2.29. The zero-order valence-corrected chi connectivity index (χ0v) is 16.0. The van der Waals surface area contributed by atoms with E-state index < -0.39 is 18.1 Å². The molecule has 0 saturated carbocycles.